The van der Waals surface area contributed by atoms with E-state index in [2.05, 4.69) is 21.4 Å². The molecule has 0 aromatic heterocycles. The summed E-state index contributed by atoms with van der Waals surface area (Å²) in [5.41, 5.74) is 4.35. The van der Waals surface area contributed by atoms with Crippen molar-refractivity contribution in [3.05, 3.63) is 34.3 Å². The first-order valence-electron chi connectivity index (χ1n) is 5.02. The van der Waals surface area contributed by atoms with Gasteiger partial charge in [0.25, 0.3) is 0 Å². The van der Waals surface area contributed by atoms with E-state index < -0.39 is 0 Å². The third kappa shape index (κ3) is 2.21. The Morgan fingerprint density at radius 2 is 2.13 bits per heavy atom. The van der Waals surface area contributed by atoms with Crippen LogP contribution in [-0.4, -0.2) is 17.5 Å². The van der Waals surface area contributed by atoms with Gasteiger partial charge in [-0.3, -0.25) is 9.80 Å². The minimum Gasteiger partial charge on any atom is -0.278 e. The molecule has 1 atom stereocenters. The number of rotatable bonds is 2. The number of hydrazine groups is 1. The highest BCUT2D eigenvalue weighted by Gasteiger charge is 2.28. The Labute approximate surface area is 97.6 Å². The molecule has 0 saturated carbocycles. The number of nitrogens with zero attached hydrogens (tertiary/aromatic N) is 1. The minimum atomic E-state index is 0.130. The maximum atomic E-state index is 11.5. The zero-order chi connectivity index (χ0) is 10.8. The first kappa shape index (κ1) is 10.6. The molecule has 2 rings (SSSR count). The van der Waals surface area contributed by atoms with E-state index in [0.29, 0.717) is 13.0 Å². The van der Waals surface area contributed by atoms with Crippen LogP contribution in [0, 0.1) is 0 Å². The predicted molar refractivity (Wildman–Crippen MR) is 62.0 cm³/mol. The van der Waals surface area contributed by atoms with Crippen molar-refractivity contribution in [1.29, 1.82) is 0 Å². The number of amides is 1. The van der Waals surface area contributed by atoms with Crippen LogP contribution in [0.25, 0.3) is 0 Å². The number of carbonyl (C=O) groups excluding carboxylic acids is 1. The fourth-order valence-corrected chi connectivity index (χ4v) is 2.01. The van der Waals surface area contributed by atoms with Crippen LogP contribution in [0.3, 0.4) is 0 Å². The SMILES string of the molecule is CCN1NC(c2ccc(Br)cc2)CC1=O. The molecule has 1 aliphatic rings. The topological polar surface area (TPSA) is 32.3 Å². The molecule has 1 fully saturated rings. The van der Waals surface area contributed by atoms with Gasteiger partial charge in [-0.2, -0.15) is 0 Å². The Morgan fingerprint density at radius 3 is 2.67 bits per heavy atom. The minimum absolute atomic E-state index is 0.130. The average Bonchev–Trinajstić information content (AvgIpc) is 2.61. The molecule has 1 unspecified atom stereocenters. The van der Waals surface area contributed by atoms with E-state index >= 15 is 0 Å². The molecule has 0 spiro atoms. The number of benzene rings is 1. The third-order valence-corrected chi connectivity index (χ3v) is 3.11. The Morgan fingerprint density at radius 1 is 1.47 bits per heavy atom. The van der Waals surface area contributed by atoms with Crippen molar-refractivity contribution in [2.45, 2.75) is 19.4 Å². The van der Waals surface area contributed by atoms with Crippen molar-refractivity contribution in [2.75, 3.05) is 6.54 Å². The highest BCUT2D eigenvalue weighted by molar-refractivity contribution is 9.10. The molecule has 1 N–H and O–H groups in total. The lowest BCUT2D eigenvalue weighted by atomic mass is 10.1. The molecule has 1 aromatic rings. The van der Waals surface area contributed by atoms with Crippen LogP contribution in [0.1, 0.15) is 24.9 Å². The lowest BCUT2D eigenvalue weighted by molar-refractivity contribution is -0.129. The maximum absolute atomic E-state index is 11.5. The van der Waals surface area contributed by atoms with E-state index in [9.17, 15) is 4.79 Å². The van der Waals surface area contributed by atoms with Gasteiger partial charge in [-0.25, -0.2) is 5.43 Å². The van der Waals surface area contributed by atoms with Crippen molar-refractivity contribution in [2.24, 2.45) is 0 Å². The van der Waals surface area contributed by atoms with Crippen molar-refractivity contribution >= 4 is 21.8 Å². The number of hydrogen-bond donors (Lipinski definition) is 1. The molecule has 0 aliphatic carbocycles. The van der Waals surface area contributed by atoms with Crippen LogP contribution in [0.4, 0.5) is 0 Å². The highest BCUT2D eigenvalue weighted by atomic mass is 79.9. The van der Waals surface area contributed by atoms with Crippen LogP contribution in [0.2, 0.25) is 0 Å². The Hall–Kier alpha value is -0.870. The van der Waals surface area contributed by atoms with Crippen LogP contribution in [0.15, 0.2) is 28.7 Å². The number of hydrogen-bond acceptors (Lipinski definition) is 2. The van der Waals surface area contributed by atoms with Crippen LogP contribution in [-0.2, 0) is 4.79 Å². The monoisotopic (exact) mass is 268 g/mol. The number of halogens is 1. The normalized spacial score (nSPS) is 21.1. The quantitative estimate of drug-likeness (QED) is 0.893. The molecule has 0 radical (unpaired) electrons. The maximum Gasteiger partial charge on any atom is 0.238 e. The van der Waals surface area contributed by atoms with Gasteiger partial charge in [0, 0.05) is 17.4 Å². The summed E-state index contributed by atoms with van der Waals surface area (Å²) in [7, 11) is 0. The second kappa shape index (κ2) is 4.33. The molecular formula is C11H13BrN2O. The van der Waals surface area contributed by atoms with Crippen molar-refractivity contribution < 1.29 is 4.79 Å². The smallest absolute Gasteiger partial charge is 0.238 e. The van der Waals surface area contributed by atoms with E-state index in [-0.39, 0.29) is 11.9 Å². The zero-order valence-corrected chi connectivity index (χ0v) is 10.1. The van der Waals surface area contributed by atoms with Gasteiger partial charge >= 0.3 is 0 Å². The Balaban J connectivity index is 2.13. The van der Waals surface area contributed by atoms with Crippen molar-refractivity contribution in [3.8, 4) is 0 Å². The lowest BCUT2D eigenvalue weighted by Crippen LogP contribution is -2.34. The lowest BCUT2D eigenvalue weighted by Gasteiger charge is -2.15. The predicted octanol–water partition coefficient (Wildman–Crippen LogP) is 2.25. The molecule has 1 aromatic carbocycles. The summed E-state index contributed by atoms with van der Waals surface area (Å²) in [5, 5.41) is 1.67. The van der Waals surface area contributed by atoms with E-state index in [0.717, 1.165) is 10.0 Å². The van der Waals surface area contributed by atoms with Gasteiger partial charge in [0.1, 0.15) is 0 Å². The molecular weight excluding hydrogens is 256 g/mol. The summed E-state index contributed by atoms with van der Waals surface area (Å²) in [6.45, 7) is 2.68. The van der Waals surface area contributed by atoms with Gasteiger partial charge in [-0.15, -0.1) is 0 Å². The zero-order valence-electron chi connectivity index (χ0n) is 8.53. The molecule has 1 amide bonds. The first-order valence-corrected chi connectivity index (χ1v) is 5.82. The average molecular weight is 269 g/mol. The van der Waals surface area contributed by atoms with Crippen LogP contribution >= 0.6 is 15.9 Å². The molecule has 1 heterocycles. The van der Waals surface area contributed by atoms with Gasteiger partial charge in [0.05, 0.1) is 6.04 Å². The van der Waals surface area contributed by atoms with Gasteiger partial charge in [-0.1, -0.05) is 28.1 Å². The molecule has 15 heavy (non-hydrogen) atoms. The molecule has 3 nitrogen and oxygen atoms in total. The van der Waals surface area contributed by atoms with E-state index in [1.165, 1.54) is 0 Å². The standard InChI is InChI=1S/C11H13BrN2O/c1-2-14-11(15)7-10(13-14)8-3-5-9(12)6-4-8/h3-6,10,13H,2,7H2,1H3. The fourth-order valence-electron chi connectivity index (χ4n) is 1.75. The molecule has 0 bridgehead atoms. The van der Waals surface area contributed by atoms with Crippen LogP contribution in [0.5, 0.6) is 0 Å². The molecule has 80 valence electrons. The van der Waals surface area contributed by atoms with Crippen LogP contribution < -0.4 is 5.43 Å². The highest BCUT2D eigenvalue weighted by Crippen LogP contribution is 2.24. The molecule has 1 aliphatic heterocycles. The third-order valence-electron chi connectivity index (χ3n) is 2.58. The van der Waals surface area contributed by atoms with Crippen molar-refractivity contribution in [3.63, 3.8) is 0 Å². The summed E-state index contributed by atoms with van der Waals surface area (Å²) in [4.78, 5) is 11.5. The largest absolute Gasteiger partial charge is 0.278 e. The van der Waals surface area contributed by atoms with Gasteiger partial charge < -0.3 is 0 Å². The van der Waals surface area contributed by atoms with E-state index in [4.69, 9.17) is 0 Å². The molecule has 4 heteroatoms. The summed E-state index contributed by atoms with van der Waals surface area (Å²) in [6, 6.07) is 8.19. The Kier molecular flexibility index (Phi) is 3.07. The number of carbonyl (C=O) groups is 1. The summed E-state index contributed by atoms with van der Waals surface area (Å²) in [6.07, 6.45) is 0.551. The second-order valence-electron chi connectivity index (χ2n) is 3.58. The summed E-state index contributed by atoms with van der Waals surface area (Å²) < 4.78 is 1.06. The van der Waals surface area contributed by atoms with Gasteiger partial charge in [-0.05, 0) is 24.6 Å². The van der Waals surface area contributed by atoms with E-state index in [1.54, 1.807) is 5.01 Å². The van der Waals surface area contributed by atoms with Gasteiger partial charge in [0.2, 0.25) is 5.91 Å². The number of nitrogens with one attached hydrogen (secondary N) is 1. The Bertz CT molecular complexity index is 363. The second-order valence-corrected chi connectivity index (χ2v) is 4.49. The fraction of sp³-hybridized carbons (Fsp3) is 0.364. The van der Waals surface area contributed by atoms with Gasteiger partial charge in [0.15, 0.2) is 0 Å². The molecule has 1 saturated heterocycles. The summed E-state index contributed by atoms with van der Waals surface area (Å²) >= 11 is 3.39. The first-order chi connectivity index (χ1) is 7.20. The summed E-state index contributed by atoms with van der Waals surface area (Å²) in [5.74, 6) is 0.172. The van der Waals surface area contributed by atoms with E-state index in [1.807, 2.05) is 31.2 Å². The van der Waals surface area contributed by atoms with Crippen molar-refractivity contribution in [1.82, 2.24) is 10.4 Å².